The summed E-state index contributed by atoms with van der Waals surface area (Å²) in [6.07, 6.45) is 7.86. The molecule has 4 rings (SSSR count). The molecule has 0 aliphatic carbocycles. The van der Waals surface area contributed by atoms with Crippen molar-refractivity contribution < 1.29 is 9.32 Å². The lowest BCUT2D eigenvalue weighted by Crippen LogP contribution is -2.31. The largest absolute Gasteiger partial charge is 0.361 e. The van der Waals surface area contributed by atoms with Gasteiger partial charge in [0, 0.05) is 24.5 Å². The van der Waals surface area contributed by atoms with E-state index in [9.17, 15) is 4.79 Å². The third kappa shape index (κ3) is 2.69. The zero-order chi connectivity index (χ0) is 18.1. The molecule has 1 saturated heterocycles. The van der Waals surface area contributed by atoms with Crippen molar-refractivity contribution in [1.29, 1.82) is 0 Å². The van der Waals surface area contributed by atoms with Crippen LogP contribution in [0.15, 0.2) is 35.2 Å². The number of likely N-dealkylation sites (tertiary alicyclic amines) is 1. The Morgan fingerprint density at radius 2 is 2.19 bits per heavy atom. The van der Waals surface area contributed by atoms with Crippen LogP contribution in [0.1, 0.15) is 53.3 Å². The van der Waals surface area contributed by atoms with Gasteiger partial charge in [-0.1, -0.05) is 12.1 Å². The topological polar surface area (TPSA) is 87.9 Å². The molecule has 1 N–H and O–H groups in total. The third-order valence-electron chi connectivity index (χ3n) is 4.99. The number of amides is 1. The van der Waals surface area contributed by atoms with Crippen LogP contribution in [0.4, 0.5) is 0 Å². The van der Waals surface area contributed by atoms with Crippen LogP contribution in [0.5, 0.6) is 0 Å². The fourth-order valence-corrected chi connectivity index (χ4v) is 3.70. The number of nitrogens with zero attached hydrogens (tertiary/aromatic N) is 4. The van der Waals surface area contributed by atoms with E-state index < -0.39 is 0 Å². The molecule has 26 heavy (non-hydrogen) atoms. The van der Waals surface area contributed by atoms with Gasteiger partial charge in [-0.2, -0.15) is 5.10 Å². The molecule has 7 heteroatoms. The Morgan fingerprint density at radius 3 is 2.96 bits per heavy atom. The first-order valence-electron chi connectivity index (χ1n) is 8.90. The minimum atomic E-state index is -0.0350. The summed E-state index contributed by atoms with van der Waals surface area (Å²) < 4.78 is 5.26. The average Bonchev–Trinajstić information content (AvgIpc) is 3.40. The van der Waals surface area contributed by atoms with Gasteiger partial charge in [-0.3, -0.25) is 14.9 Å². The van der Waals surface area contributed by atoms with E-state index in [2.05, 4.69) is 20.3 Å². The number of aromatic amines is 1. The molecule has 3 aromatic rings. The van der Waals surface area contributed by atoms with Crippen LogP contribution in [0, 0.1) is 6.92 Å². The van der Waals surface area contributed by atoms with Gasteiger partial charge in [0.05, 0.1) is 23.6 Å². The fourth-order valence-electron chi connectivity index (χ4n) is 3.70. The minimum absolute atomic E-state index is 0.0154. The molecular weight excluding hydrogens is 330 g/mol. The molecule has 7 nitrogen and oxygen atoms in total. The molecule has 134 valence electrons. The SMILES string of the molecule is CCc1noc(C)c1C(=O)N1CCCC1c1[nH]ncc1-c1ccncc1. The van der Waals surface area contributed by atoms with Gasteiger partial charge in [0.2, 0.25) is 0 Å². The monoisotopic (exact) mass is 351 g/mol. The maximum atomic E-state index is 13.2. The Hall–Kier alpha value is -2.96. The normalized spacial score (nSPS) is 17.0. The highest BCUT2D eigenvalue weighted by molar-refractivity contribution is 5.96. The minimum Gasteiger partial charge on any atom is -0.361 e. The molecule has 0 bridgehead atoms. The summed E-state index contributed by atoms with van der Waals surface area (Å²) in [5, 5.41) is 11.4. The highest BCUT2D eigenvalue weighted by Gasteiger charge is 2.35. The lowest BCUT2D eigenvalue weighted by Gasteiger charge is -2.25. The van der Waals surface area contributed by atoms with Crippen molar-refractivity contribution in [2.45, 2.75) is 39.2 Å². The average molecular weight is 351 g/mol. The third-order valence-corrected chi connectivity index (χ3v) is 4.99. The van der Waals surface area contributed by atoms with Crippen LogP contribution in [0.3, 0.4) is 0 Å². The molecule has 0 saturated carbocycles. The lowest BCUT2D eigenvalue weighted by atomic mass is 10.0. The van der Waals surface area contributed by atoms with Gasteiger partial charge < -0.3 is 9.42 Å². The molecule has 0 aromatic carbocycles. The number of rotatable bonds is 4. The van der Waals surface area contributed by atoms with Crippen LogP contribution >= 0.6 is 0 Å². The summed E-state index contributed by atoms with van der Waals surface area (Å²) in [6, 6.07) is 3.87. The predicted octanol–water partition coefficient (Wildman–Crippen LogP) is 3.31. The molecule has 1 fully saturated rings. The van der Waals surface area contributed by atoms with Crippen molar-refractivity contribution in [2.75, 3.05) is 6.54 Å². The summed E-state index contributed by atoms with van der Waals surface area (Å²) in [7, 11) is 0. The second-order valence-electron chi connectivity index (χ2n) is 6.50. The van der Waals surface area contributed by atoms with Gasteiger partial charge in [0.1, 0.15) is 11.3 Å². The Bertz CT molecular complexity index is 915. The number of carbonyl (C=O) groups excluding carboxylic acids is 1. The van der Waals surface area contributed by atoms with E-state index in [0.717, 1.165) is 35.4 Å². The van der Waals surface area contributed by atoms with Crippen molar-refractivity contribution >= 4 is 5.91 Å². The Balaban J connectivity index is 1.69. The van der Waals surface area contributed by atoms with E-state index in [1.807, 2.05) is 30.2 Å². The van der Waals surface area contributed by atoms with Gasteiger partial charge in [-0.25, -0.2) is 0 Å². The highest BCUT2D eigenvalue weighted by atomic mass is 16.5. The van der Waals surface area contributed by atoms with Crippen LogP contribution < -0.4 is 0 Å². The van der Waals surface area contributed by atoms with Gasteiger partial charge in [0.15, 0.2) is 0 Å². The number of H-pyrrole nitrogens is 1. The van der Waals surface area contributed by atoms with E-state index in [0.29, 0.717) is 24.3 Å². The first-order chi connectivity index (χ1) is 12.7. The van der Waals surface area contributed by atoms with Crippen molar-refractivity contribution in [3.8, 4) is 11.1 Å². The van der Waals surface area contributed by atoms with Gasteiger partial charge in [0.25, 0.3) is 5.91 Å². The number of aromatic nitrogens is 4. The zero-order valence-electron chi connectivity index (χ0n) is 14.9. The van der Waals surface area contributed by atoms with Crippen LogP contribution in [0.2, 0.25) is 0 Å². The molecule has 1 amide bonds. The first kappa shape index (κ1) is 16.5. The molecule has 3 aromatic heterocycles. The van der Waals surface area contributed by atoms with Crippen LogP contribution in [-0.4, -0.2) is 37.7 Å². The molecule has 1 aliphatic rings. The Morgan fingerprint density at radius 1 is 1.38 bits per heavy atom. The van der Waals surface area contributed by atoms with Crippen molar-refractivity contribution in [2.24, 2.45) is 0 Å². The van der Waals surface area contributed by atoms with E-state index in [1.54, 1.807) is 19.3 Å². The lowest BCUT2D eigenvalue weighted by molar-refractivity contribution is 0.0730. The summed E-state index contributed by atoms with van der Waals surface area (Å²) in [5.74, 6) is 0.565. The van der Waals surface area contributed by atoms with Gasteiger partial charge in [-0.15, -0.1) is 0 Å². The van der Waals surface area contributed by atoms with E-state index in [-0.39, 0.29) is 11.9 Å². The summed E-state index contributed by atoms with van der Waals surface area (Å²) in [4.78, 5) is 19.2. The maximum absolute atomic E-state index is 13.2. The van der Waals surface area contributed by atoms with Gasteiger partial charge >= 0.3 is 0 Å². The molecule has 0 radical (unpaired) electrons. The second-order valence-corrected chi connectivity index (χ2v) is 6.50. The smallest absolute Gasteiger partial charge is 0.259 e. The number of pyridine rings is 1. The Labute approximate surface area is 151 Å². The van der Waals surface area contributed by atoms with Crippen LogP contribution in [-0.2, 0) is 6.42 Å². The standard InChI is InChI=1S/C19H21N5O2/c1-3-15-17(12(2)26-23-15)19(25)24-10-4-5-16(24)18-14(11-21-22-18)13-6-8-20-9-7-13/h6-9,11,16H,3-5,10H2,1-2H3,(H,21,22). The second kappa shape index (κ2) is 6.74. The van der Waals surface area contributed by atoms with Crippen molar-refractivity contribution in [1.82, 2.24) is 25.2 Å². The summed E-state index contributed by atoms with van der Waals surface area (Å²) >= 11 is 0. The first-order valence-corrected chi connectivity index (χ1v) is 8.90. The number of aryl methyl sites for hydroxylation is 2. The Kier molecular flexibility index (Phi) is 4.28. The molecule has 0 spiro atoms. The van der Waals surface area contributed by atoms with E-state index >= 15 is 0 Å². The van der Waals surface area contributed by atoms with Gasteiger partial charge in [-0.05, 0) is 43.9 Å². The zero-order valence-corrected chi connectivity index (χ0v) is 14.9. The molecule has 1 aliphatic heterocycles. The van der Waals surface area contributed by atoms with Crippen molar-refractivity contribution in [3.05, 3.63) is 53.4 Å². The van der Waals surface area contributed by atoms with Crippen molar-refractivity contribution in [3.63, 3.8) is 0 Å². The highest BCUT2D eigenvalue weighted by Crippen LogP contribution is 2.37. The molecular formula is C19H21N5O2. The molecule has 4 heterocycles. The summed E-state index contributed by atoms with van der Waals surface area (Å²) in [5.41, 5.74) is 4.34. The number of carbonyl (C=O) groups is 1. The van der Waals surface area contributed by atoms with E-state index in [4.69, 9.17) is 4.52 Å². The number of hydrogen-bond donors (Lipinski definition) is 1. The number of nitrogens with one attached hydrogen (secondary N) is 1. The summed E-state index contributed by atoms with van der Waals surface area (Å²) in [6.45, 7) is 4.49. The molecule has 1 unspecified atom stereocenters. The maximum Gasteiger partial charge on any atom is 0.259 e. The molecule has 1 atom stereocenters. The fraction of sp³-hybridized carbons (Fsp3) is 0.368. The van der Waals surface area contributed by atoms with E-state index in [1.165, 1.54) is 0 Å². The predicted molar refractivity (Wildman–Crippen MR) is 95.4 cm³/mol. The quantitative estimate of drug-likeness (QED) is 0.779. The van der Waals surface area contributed by atoms with Crippen LogP contribution in [0.25, 0.3) is 11.1 Å². The number of hydrogen-bond acceptors (Lipinski definition) is 5.